The van der Waals surface area contributed by atoms with Gasteiger partial charge in [-0.2, -0.15) is 10.2 Å². The molecule has 0 saturated heterocycles. The van der Waals surface area contributed by atoms with E-state index in [2.05, 4.69) is 26.0 Å². The number of rotatable bonds is 7. The molecule has 5 aromatic rings. The van der Waals surface area contributed by atoms with Crippen LogP contribution in [0.15, 0.2) is 101 Å². The molecule has 0 radical (unpaired) electrons. The highest BCUT2D eigenvalue weighted by molar-refractivity contribution is 6.00. The van der Waals surface area contributed by atoms with Gasteiger partial charge in [-0.05, 0) is 60.5 Å². The first-order valence-electron chi connectivity index (χ1n) is 12.9. The van der Waals surface area contributed by atoms with Gasteiger partial charge in [-0.15, -0.1) is 0 Å². The Kier molecular flexibility index (Phi) is 9.72. The maximum absolute atomic E-state index is 11.9. The monoisotopic (exact) mass is 579 g/mol. The van der Waals surface area contributed by atoms with Crippen molar-refractivity contribution in [2.24, 2.45) is 10.2 Å². The van der Waals surface area contributed by atoms with E-state index in [9.17, 15) is 24.9 Å². The number of nitrogens with one attached hydrogen (secondary N) is 3. The first-order chi connectivity index (χ1) is 20.8. The molecule has 43 heavy (non-hydrogen) atoms. The van der Waals surface area contributed by atoms with Gasteiger partial charge in [-0.25, -0.2) is 10.9 Å². The van der Waals surface area contributed by atoms with Gasteiger partial charge in [0.25, 0.3) is 11.8 Å². The second-order valence-corrected chi connectivity index (χ2v) is 9.13. The second-order valence-electron chi connectivity index (χ2n) is 9.13. The number of fused-ring (bicyclic) bond motifs is 1. The molecule has 0 unspecified atom stereocenters. The number of nitrogens with zero attached hydrogens (tertiary/aromatic N) is 2. The van der Waals surface area contributed by atoms with E-state index in [0.29, 0.717) is 11.3 Å². The average Bonchev–Trinajstić information content (AvgIpc) is 3.42. The number of aromatic nitrogens is 1. The molecule has 0 bridgehead atoms. The average molecular weight is 580 g/mol. The standard InChI is InChI=1S/C16H13N3O3.C16H16N2O3/c20-14-6-5-10(7-15(14)21)16(22)19-18-9-11-8-17-13-4-2-1-3-12(11)13;1-11-5-3-4-6-13(11)10-17-18-16(20)12-7-8-15(21-2)14(19)9-12/h1-9,17,20-21H,(H,19,22);3-10,19H,1-2H3,(H,18,20)/b18-9+;17-10+. The summed E-state index contributed by atoms with van der Waals surface area (Å²) in [4.78, 5) is 26.9. The van der Waals surface area contributed by atoms with Crippen LogP contribution >= 0.6 is 0 Å². The fraction of sp³-hybridized carbons (Fsp3) is 0.0625. The SMILES string of the molecule is COc1ccc(C(=O)N/N=C/c2ccccc2C)cc1O.O=C(N/N=C/c1c[nH]c2ccccc12)c1ccc(O)c(O)c1. The number of hydrazone groups is 2. The lowest BCUT2D eigenvalue weighted by Crippen LogP contribution is -2.17. The van der Waals surface area contributed by atoms with Crippen LogP contribution in [0.4, 0.5) is 0 Å². The second kappa shape index (κ2) is 14.0. The van der Waals surface area contributed by atoms with Crippen LogP contribution < -0.4 is 15.6 Å². The first-order valence-corrected chi connectivity index (χ1v) is 12.9. The van der Waals surface area contributed by atoms with Gasteiger partial charge in [0.1, 0.15) is 0 Å². The topological polar surface area (TPSA) is 169 Å². The van der Waals surface area contributed by atoms with Crippen molar-refractivity contribution in [2.45, 2.75) is 6.92 Å². The third kappa shape index (κ3) is 7.76. The van der Waals surface area contributed by atoms with Crippen LogP contribution in [0, 0.1) is 6.92 Å². The number of aromatic hydroxyl groups is 3. The zero-order chi connectivity index (χ0) is 30.8. The number of hydrogen-bond donors (Lipinski definition) is 6. The number of hydrogen-bond acceptors (Lipinski definition) is 8. The summed E-state index contributed by atoms with van der Waals surface area (Å²) < 4.78 is 4.92. The van der Waals surface area contributed by atoms with Gasteiger partial charge >= 0.3 is 0 Å². The van der Waals surface area contributed by atoms with E-state index in [1.54, 1.807) is 18.5 Å². The summed E-state index contributed by atoms with van der Waals surface area (Å²) in [6, 6.07) is 23.7. The van der Waals surface area contributed by atoms with Crippen molar-refractivity contribution in [1.82, 2.24) is 15.8 Å². The minimum Gasteiger partial charge on any atom is -0.504 e. The van der Waals surface area contributed by atoms with Crippen molar-refractivity contribution < 1.29 is 29.6 Å². The molecule has 11 nitrogen and oxygen atoms in total. The van der Waals surface area contributed by atoms with E-state index >= 15 is 0 Å². The first kappa shape index (κ1) is 29.9. The number of aryl methyl sites for hydroxylation is 1. The number of ether oxygens (including phenoxy) is 1. The Balaban J connectivity index is 0.000000197. The Hall–Kier alpha value is -6.10. The van der Waals surface area contributed by atoms with Crippen LogP contribution in [-0.4, -0.2) is 51.7 Å². The molecule has 4 aromatic carbocycles. The summed E-state index contributed by atoms with van der Waals surface area (Å²) in [6.07, 6.45) is 4.92. The number of benzene rings is 4. The molecule has 0 saturated carbocycles. The van der Waals surface area contributed by atoms with Crippen molar-refractivity contribution in [1.29, 1.82) is 0 Å². The highest BCUT2D eigenvalue weighted by Crippen LogP contribution is 2.26. The van der Waals surface area contributed by atoms with Crippen LogP contribution in [0.2, 0.25) is 0 Å². The number of H-pyrrole nitrogens is 1. The third-order valence-corrected chi connectivity index (χ3v) is 6.23. The molecular weight excluding hydrogens is 550 g/mol. The molecule has 1 aromatic heterocycles. The normalized spacial score (nSPS) is 10.8. The minimum atomic E-state index is -0.480. The van der Waals surface area contributed by atoms with Crippen LogP contribution in [0.5, 0.6) is 23.0 Å². The van der Waals surface area contributed by atoms with E-state index in [-0.39, 0.29) is 22.8 Å². The fourth-order valence-electron chi connectivity index (χ4n) is 3.88. The van der Waals surface area contributed by atoms with Gasteiger partial charge in [0, 0.05) is 33.8 Å². The Bertz CT molecular complexity index is 1810. The molecular formula is C32H29N5O6. The van der Waals surface area contributed by atoms with E-state index < -0.39 is 11.8 Å². The smallest absolute Gasteiger partial charge is 0.271 e. The Morgan fingerprint density at radius 3 is 2.00 bits per heavy atom. The van der Waals surface area contributed by atoms with Crippen molar-refractivity contribution >= 4 is 35.1 Å². The maximum atomic E-state index is 11.9. The van der Waals surface area contributed by atoms with E-state index in [1.807, 2.05) is 55.5 Å². The Labute approximate surface area is 246 Å². The maximum Gasteiger partial charge on any atom is 0.271 e. The number of carbonyl (C=O) groups excluding carboxylic acids is 2. The summed E-state index contributed by atoms with van der Waals surface area (Å²) in [5.41, 5.74) is 9.12. The van der Waals surface area contributed by atoms with Crippen LogP contribution in [0.3, 0.4) is 0 Å². The summed E-state index contributed by atoms with van der Waals surface area (Å²) in [5.74, 6) is -1.29. The number of phenolic OH excluding ortho intramolecular Hbond substituents is 3. The van der Waals surface area contributed by atoms with Crippen LogP contribution in [-0.2, 0) is 0 Å². The number of carbonyl (C=O) groups is 2. The molecule has 0 aliphatic carbocycles. The summed E-state index contributed by atoms with van der Waals surface area (Å²) >= 11 is 0. The Morgan fingerprint density at radius 1 is 0.744 bits per heavy atom. The largest absolute Gasteiger partial charge is 0.504 e. The van der Waals surface area contributed by atoms with Crippen molar-refractivity contribution in [3.8, 4) is 23.0 Å². The lowest BCUT2D eigenvalue weighted by molar-refractivity contribution is 0.0946. The van der Waals surface area contributed by atoms with E-state index in [1.165, 1.54) is 43.7 Å². The molecule has 0 atom stereocenters. The van der Waals surface area contributed by atoms with Gasteiger partial charge in [0.2, 0.25) is 0 Å². The van der Waals surface area contributed by atoms with E-state index in [4.69, 9.17) is 4.74 Å². The fourth-order valence-corrected chi connectivity index (χ4v) is 3.88. The molecule has 1 heterocycles. The molecule has 0 aliphatic heterocycles. The van der Waals surface area contributed by atoms with Crippen molar-refractivity contribution in [2.75, 3.05) is 7.11 Å². The predicted octanol–water partition coefficient (Wildman–Crippen LogP) is 4.82. The highest BCUT2D eigenvalue weighted by atomic mass is 16.5. The Morgan fingerprint density at radius 2 is 1.35 bits per heavy atom. The molecule has 218 valence electrons. The zero-order valence-electron chi connectivity index (χ0n) is 23.3. The molecule has 0 aliphatic rings. The highest BCUT2D eigenvalue weighted by Gasteiger charge is 2.09. The third-order valence-electron chi connectivity index (χ3n) is 6.23. The van der Waals surface area contributed by atoms with Crippen LogP contribution in [0.25, 0.3) is 10.9 Å². The lowest BCUT2D eigenvalue weighted by atomic mass is 10.1. The number of amides is 2. The summed E-state index contributed by atoms with van der Waals surface area (Å²) in [7, 11) is 1.45. The molecule has 2 amide bonds. The molecule has 0 fully saturated rings. The molecule has 11 heteroatoms. The van der Waals surface area contributed by atoms with Crippen molar-refractivity contribution in [3.63, 3.8) is 0 Å². The predicted molar refractivity (Wildman–Crippen MR) is 164 cm³/mol. The minimum absolute atomic E-state index is 0.0898. The van der Waals surface area contributed by atoms with Crippen LogP contribution in [0.1, 0.15) is 37.4 Å². The van der Waals surface area contributed by atoms with Gasteiger partial charge < -0.3 is 25.0 Å². The lowest BCUT2D eigenvalue weighted by Gasteiger charge is -2.05. The molecule has 5 rings (SSSR count). The van der Waals surface area contributed by atoms with Gasteiger partial charge in [-0.3, -0.25) is 9.59 Å². The summed E-state index contributed by atoms with van der Waals surface area (Å²) in [6.45, 7) is 1.96. The quantitative estimate of drug-likeness (QED) is 0.0918. The van der Waals surface area contributed by atoms with Gasteiger partial charge in [0.15, 0.2) is 23.0 Å². The number of phenols is 3. The van der Waals surface area contributed by atoms with E-state index in [0.717, 1.165) is 27.6 Å². The summed E-state index contributed by atoms with van der Waals surface area (Å²) in [5, 5.41) is 37.0. The number of aromatic amines is 1. The number of methoxy groups -OCH3 is 1. The molecule has 6 N–H and O–H groups in total. The van der Waals surface area contributed by atoms with Crippen molar-refractivity contribution in [3.05, 3.63) is 119 Å². The van der Waals surface area contributed by atoms with Gasteiger partial charge in [-0.1, -0.05) is 42.5 Å². The number of para-hydroxylation sites is 1. The van der Waals surface area contributed by atoms with Gasteiger partial charge in [0.05, 0.1) is 19.5 Å². The zero-order valence-corrected chi connectivity index (χ0v) is 23.3. The molecule has 0 spiro atoms.